The molecule has 3 aromatic rings. The summed E-state index contributed by atoms with van der Waals surface area (Å²) in [4.78, 5) is 46.3. The Labute approximate surface area is 254 Å². The quantitative estimate of drug-likeness (QED) is 0.321. The number of piperazine rings is 1. The van der Waals surface area contributed by atoms with Gasteiger partial charge in [-0.1, -0.05) is 36.8 Å². The summed E-state index contributed by atoms with van der Waals surface area (Å²) < 4.78 is 0.751. The fraction of sp³-hybridized carbons (Fsp3) is 0.536. The molecular formula is C28H38ClN7O3S2. The Bertz CT molecular complexity index is 1300. The van der Waals surface area contributed by atoms with E-state index in [0.29, 0.717) is 23.5 Å². The molecule has 0 saturated carbocycles. The number of carboxylic acids is 1. The number of carbonyl (C=O) groups excluding carboxylic acids is 1. The van der Waals surface area contributed by atoms with Gasteiger partial charge in [0.1, 0.15) is 11.5 Å². The van der Waals surface area contributed by atoms with Crippen LogP contribution in [-0.4, -0.2) is 87.0 Å². The first-order valence-corrected chi connectivity index (χ1v) is 16.1. The van der Waals surface area contributed by atoms with E-state index in [1.54, 1.807) is 6.20 Å². The highest BCUT2D eigenvalue weighted by Gasteiger charge is 2.25. The van der Waals surface area contributed by atoms with Crippen molar-refractivity contribution in [1.82, 2.24) is 24.8 Å². The van der Waals surface area contributed by atoms with Gasteiger partial charge >= 0.3 is 5.97 Å². The van der Waals surface area contributed by atoms with Crippen molar-refractivity contribution in [3.8, 4) is 10.6 Å². The molecule has 1 amide bonds. The molecule has 13 heteroatoms. The van der Waals surface area contributed by atoms with E-state index in [9.17, 15) is 9.59 Å². The monoisotopic (exact) mass is 619 g/mol. The molecule has 222 valence electrons. The third-order valence-electron chi connectivity index (χ3n) is 7.25. The summed E-state index contributed by atoms with van der Waals surface area (Å²) in [7, 11) is 0. The van der Waals surface area contributed by atoms with Gasteiger partial charge in [-0.05, 0) is 44.9 Å². The summed E-state index contributed by atoms with van der Waals surface area (Å²) in [6.45, 7) is 13.6. The Balaban J connectivity index is 0.00000189. The van der Waals surface area contributed by atoms with E-state index in [2.05, 4.69) is 43.0 Å². The van der Waals surface area contributed by atoms with Gasteiger partial charge in [0.15, 0.2) is 5.13 Å². The van der Waals surface area contributed by atoms with E-state index in [-0.39, 0.29) is 18.0 Å². The van der Waals surface area contributed by atoms with Crippen LogP contribution in [0, 0.1) is 6.92 Å². The lowest BCUT2D eigenvalue weighted by molar-refractivity contribution is -0.137. The minimum Gasteiger partial charge on any atom is -0.481 e. The molecule has 1 atom stereocenters. The van der Waals surface area contributed by atoms with Gasteiger partial charge in [-0.2, -0.15) is 0 Å². The third kappa shape index (κ3) is 8.01. The number of aromatic nitrogens is 3. The predicted molar refractivity (Wildman–Crippen MR) is 167 cm³/mol. The van der Waals surface area contributed by atoms with Crippen LogP contribution in [0.2, 0.25) is 4.34 Å². The molecule has 5 rings (SSSR count). The SMILES string of the molecule is CC.Cc1cc(-c2nc(NC(=O)c3cnc(N4CCN(CCC(=O)O)CC4)cn3)sc2CN2CCCC2C)sc1Cl. The number of thiazole rings is 1. The van der Waals surface area contributed by atoms with E-state index in [1.165, 1.54) is 41.7 Å². The lowest BCUT2D eigenvalue weighted by Crippen LogP contribution is -2.47. The van der Waals surface area contributed by atoms with E-state index >= 15 is 0 Å². The molecule has 2 fully saturated rings. The maximum Gasteiger partial charge on any atom is 0.304 e. The van der Waals surface area contributed by atoms with Gasteiger partial charge in [-0.15, -0.1) is 11.3 Å². The van der Waals surface area contributed by atoms with E-state index in [4.69, 9.17) is 21.7 Å². The fourth-order valence-electron chi connectivity index (χ4n) is 4.91. The van der Waals surface area contributed by atoms with Gasteiger partial charge in [0.25, 0.3) is 5.91 Å². The summed E-state index contributed by atoms with van der Waals surface area (Å²) in [6.07, 6.45) is 5.63. The first-order valence-electron chi connectivity index (χ1n) is 14.1. The van der Waals surface area contributed by atoms with Crippen molar-refractivity contribution < 1.29 is 14.7 Å². The molecule has 10 nitrogen and oxygen atoms in total. The molecule has 0 aromatic carbocycles. The van der Waals surface area contributed by atoms with Crippen molar-refractivity contribution in [1.29, 1.82) is 0 Å². The third-order valence-corrected chi connectivity index (χ3v) is 9.77. The summed E-state index contributed by atoms with van der Waals surface area (Å²) >= 11 is 9.37. The first kappa shape index (κ1) is 31.3. The fourth-order valence-corrected chi connectivity index (χ4v) is 7.19. The van der Waals surface area contributed by atoms with Crippen LogP contribution in [0.15, 0.2) is 18.5 Å². The minimum atomic E-state index is -0.783. The van der Waals surface area contributed by atoms with Crippen LogP contribution < -0.4 is 10.2 Å². The predicted octanol–water partition coefficient (Wildman–Crippen LogP) is 5.48. The average molecular weight is 620 g/mol. The normalized spacial score (nSPS) is 17.8. The number of nitrogens with zero attached hydrogens (tertiary/aromatic N) is 6. The topological polar surface area (TPSA) is 115 Å². The molecule has 2 aliphatic rings. The number of carbonyl (C=O) groups is 2. The van der Waals surface area contributed by atoms with Gasteiger partial charge in [0, 0.05) is 50.2 Å². The summed E-state index contributed by atoms with van der Waals surface area (Å²) in [6, 6.07) is 2.58. The van der Waals surface area contributed by atoms with E-state index in [1.807, 2.05) is 20.8 Å². The van der Waals surface area contributed by atoms with Crippen LogP contribution in [0.1, 0.15) is 61.0 Å². The summed E-state index contributed by atoms with van der Waals surface area (Å²) in [5.41, 5.74) is 2.12. The summed E-state index contributed by atoms with van der Waals surface area (Å²) in [5.74, 6) is -0.434. The Kier molecular flexibility index (Phi) is 11.1. The van der Waals surface area contributed by atoms with Gasteiger partial charge in [-0.25, -0.2) is 15.0 Å². The number of aryl methyl sites for hydroxylation is 1. The number of hydrogen-bond donors (Lipinski definition) is 2. The number of thiophene rings is 1. The maximum absolute atomic E-state index is 13.0. The van der Waals surface area contributed by atoms with Crippen LogP contribution in [-0.2, 0) is 11.3 Å². The molecular weight excluding hydrogens is 582 g/mol. The van der Waals surface area contributed by atoms with E-state index in [0.717, 1.165) is 64.6 Å². The van der Waals surface area contributed by atoms with Crippen LogP contribution in [0.5, 0.6) is 0 Å². The lowest BCUT2D eigenvalue weighted by Gasteiger charge is -2.34. The zero-order valence-electron chi connectivity index (χ0n) is 24.0. The standard InChI is InChI=1S/C26H32ClN7O3S2.C2H6/c1-16-12-19(38-24(16)27)23-20(15-34-6-3-4-17(34)2)39-26(30-23)31-25(37)18-13-29-21(14-28-18)33-10-8-32(9-11-33)7-5-22(35)36;1-2/h12-14,17H,3-11,15H2,1-2H3,(H,35,36)(H,30,31,37);1-2H3. The Morgan fingerprint density at radius 1 is 1.12 bits per heavy atom. The molecule has 1 unspecified atom stereocenters. The molecule has 0 bridgehead atoms. The molecule has 0 spiro atoms. The van der Waals surface area contributed by atoms with Crippen molar-refractivity contribution in [2.75, 3.05) is 49.5 Å². The lowest BCUT2D eigenvalue weighted by atomic mass is 10.2. The molecule has 3 aromatic heterocycles. The van der Waals surface area contributed by atoms with Crippen molar-refractivity contribution in [3.63, 3.8) is 0 Å². The number of halogens is 1. The van der Waals surface area contributed by atoms with Gasteiger partial charge in [0.05, 0.1) is 33.7 Å². The minimum absolute atomic E-state index is 0.143. The number of amides is 1. The zero-order chi connectivity index (χ0) is 29.5. The maximum atomic E-state index is 13.0. The molecule has 2 saturated heterocycles. The molecule has 0 radical (unpaired) electrons. The van der Waals surface area contributed by atoms with Crippen molar-refractivity contribution >= 4 is 57.1 Å². The molecule has 0 aliphatic carbocycles. The highest BCUT2D eigenvalue weighted by Crippen LogP contribution is 2.40. The average Bonchev–Trinajstić information content (AvgIpc) is 3.67. The number of anilines is 2. The Hall–Kier alpha value is -2.64. The van der Waals surface area contributed by atoms with Crippen LogP contribution in [0.4, 0.5) is 10.9 Å². The van der Waals surface area contributed by atoms with E-state index < -0.39 is 5.97 Å². The van der Waals surface area contributed by atoms with Crippen molar-refractivity contribution in [3.05, 3.63) is 38.9 Å². The summed E-state index contributed by atoms with van der Waals surface area (Å²) in [5, 5.41) is 12.3. The van der Waals surface area contributed by atoms with Crippen LogP contribution in [0.25, 0.3) is 10.6 Å². The second-order valence-corrected chi connectivity index (χ2v) is 12.7. The van der Waals surface area contributed by atoms with Gasteiger partial charge in [0.2, 0.25) is 0 Å². The number of aliphatic carboxylic acids is 1. The highest BCUT2D eigenvalue weighted by molar-refractivity contribution is 7.20. The Morgan fingerprint density at radius 2 is 1.88 bits per heavy atom. The number of nitrogens with one attached hydrogen (secondary N) is 1. The first-order chi connectivity index (χ1) is 19.8. The Morgan fingerprint density at radius 3 is 2.46 bits per heavy atom. The number of likely N-dealkylation sites (tertiary alicyclic amines) is 1. The number of hydrogen-bond acceptors (Lipinski definition) is 10. The number of carboxylic acid groups (broad SMARTS) is 1. The molecule has 5 heterocycles. The second kappa shape index (κ2) is 14.5. The number of rotatable bonds is 9. The van der Waals surface area contributed by atoms with Crippen molar-refractivity contribution in [2.45, 2.75) is 59.5 Å². The van der Waals surface area contributed by atoms with Crippen molar-refractivity contribution in [2.24, 2.45) is 0 Å². The van der Waals surface area contributed by atoms with Gasteiger partial charge < -0.3 is 10.0 Å². The largest absolute Gasteiger partial charge is 0.481 e. The second-order valence-electron chi connectivity index (χ2n) is 10.0. The van der Waals surface area contributed by atoms with Crippen LogP contribution in [0.3, 0.4) is 0 Å². The smallest absolute Gasteiger partial charge is 0.304 e. The van der Waals surface area contributed by atoms with Gasteiger partial charge in [-0.3, -0.25) is 24.7 Å². The zero-order valence-corrected chi connectivity index (χ0v) is 26.4. The van der Waals surface area contributed by atoms with Crippen LogP contribution >= 0.6 is 34.3 Å². The molecule has 41 heavy (non-hydrogen) atoms. The molecule has 2 aliphatic heterocycles. The highest BCUT2D eigenvalue weighted by atomic mass is 35.5. The molecule has 2 N–H and O–H groups in total.